The average Bonchev–Trinajstić information content (AvgIpc) is 3.27. The second-order valence-electron chi connectivity index (χ2n) is 10.2. The van der Waals surface area contributed by atoms with Crippen LogP contribution in [-0.2, 0) is 0 Å². The van der Waals surface area contributed by atoms with Crippen molar-refractivity contribution in [3.63, 3.8) is 0 Å². The van der Waals surface area contributed by atoms with Gasteiger partial charge >= 0.3 is 0 Å². The van der Waals surface area contributed by atoms with Crippen LogP contribution in [0.15, 0.2) is 30.6 Å². The predicted molar refractivity (Wildman–Crippen MR) is 135 cm³/mol. The lowest BCUT2D eigenvalue weighted by Gasteiger charge is -2.37. The summed E-state index contributed by atoms with van der Waals surface area (Å²) in [7, 11) is -1.19. The molecule has 3 N–H and O–H groups in total. The van der Waals surface area contributed by atoms with Crippen molar-refractivity contribution < 1.29 is 13.6 Å². The van der Waals surface area contributed by atoms with Crippen molar-refractivity contribution in [2.75, 3.05) is 47.0 Å². The minimum absolute atomic E-state index is 0.142. The van der Waals surface area contributed by atoms with E-state index in [0.29, 0.717) is 22.8 Å². The molecular formula is C23H30F2N8OSi. The third-order valence-corrected chi connectivity index (χ3v) is 10.1. The molecule has 2 fully saturated rings. The highest BCUT2D eigenvalue weighted by Gasteiger charge is 2.35. The van der Waals surface area contributed by atoms with Crippen LogP contribution in [0.4, 0.5) is 31.9 Å². The lowest BCUT2D eigenvalue weighted by atomic mass is 10.1. The molecule has 3 aromatic rings. The Labute approximate surface area is 203 Å². The first-order chi connectivity index (χ1) is 16.6. The zero-order valence-corrected chi connectivity index (χ0v) is 21.0. The molecular weight excluding hydrogens is 470 g/mol. The number of alkyl halides is 2. The van der Waals surface area contributed by atoms with Gasteiger partial charge in [0.05, 0.1) is 19.3 Å². The molecule has 2 aromatic heterocycles. The number of amides is 1. The topological polar surface area (TPSA) is 105 Å². The van der Waals surface area contributed by atoms with E-state index in [1.165, 1.54) is 10.8 Å². The molecule has 0 bridgehead atoms. The van der Waals surface area contributed by atoms with Crippen molar-refractivity contribution in [1.82, 2.24) is 19.6 Å². The molecule has 1 aromatic carbocycles. The van der Waals surface area contributed by atoms with Crippen molar-refractivity contribution >= 4 is 42.8 Å². The largest absolute Gasteiger partial charge is 0.399 e. The number of hydrogen-bond donors (Lipinski definition) is 2. The van der Waals surface area contributed by atoms with Crippen LogP contribution in [0.3, 0.4) is 0 Å². The molecule has 186 valence electrons. The number of rotatable bonds is 4. The quantitative estimate of drug-likeness (QED) is 0.416. The van der Waals surface area contributed by atoms with E-state index in [0.717, 1.165) is 30.9 Å². The summed E-state index contributed by atoms with van der Waals surface area (Å²) in [5.74, 6) is -2.32. The van der Waals surface area contributed by atoms with Crippen LogP contribution in [0.5, 0.6) is 0 Å². The SMILES string of the molecule is C[Si]1(C)CCN(c2cc(N)ccc2C(=O)Nc2cc3ncnn3c(N3CCC(F)(F)CC3)n2)CC1. The third-order valence-electron chi connectivity index (χ3n) is 6.99. The van der Waals surface area contributed by atoms with Crippen LogP contribution in [0.1, 0.15) is 23.2 Å². The number of nitrogens with two attached hydrogens (primary N) is 1. The van der Waals surface area contributed by atoms with E-state index >= 15 is 0 Å². The summed E-state index contributed by atoms with van der Waals surface area (Å²) < 4.78 is 28.9. The van der Waals surface area contributed by atoms with E-state index in [9.17, 15) is 13.6 Å². The van der Waals surface area contributed by atoms with E-state index in [4.69, 9.17) is 5.73 Å². The molecule has 2 saturated heterocycles. The van der Waals surface area contributed by atoms with Gasteiger partial charge in [-0.05, 0) is 30.3 Å². The first kappa shape index (κ1) is 23.5. The monoisotopic (exact) mass is 500 g/mol. The van der Waals surface area contributed by atoms with E-state index in [1.54, 1.807) is 23.1 Å². The van der Waals surface area contributed by atoms with Crippen LogP contribution in [-0.4, -0.2) is 65.7 Å². The number of benzene rings is 1. The minimum atomic E-state index is -2.68. The number of aromatic nitrogens is 4. The van der Waals surface area contributed by atoms with Crippen molar-refractivity contribution in [1.29, 1.82) is 0 Å². The van der Waals surface area contributed by atoms with Crippen LogP contribution in [0, 0.1) is 0 Å². The van der Waals surface area contributed by atoms with Gasteiger partial charge in [-0.2, -0.15) is 14.6 Å². The van der Waals surface area contributed by atoms with Crippen LogP contribution in [0.25, 0.3) is 5.65 Å². The summed E-state index contributed by atoms with van der Waals surface area (Å²) in [4.78, 5) is 26.2. The van der Waals surface area contributed by atoms with Gasteiger partial charge in [0.25, 0.3) is 11.8 Å². The molecule has 12 heteroatoms. The van der Waals surface area contributed by atoms with Gasteiger partial charge in [0, 0.05) is 50.8 Å². The molecule has 0 aliphatic carbocycles. The number of hydrogen-bond acceptors (Lipinski definition) is 7. The number of fused-ring (bicyclic) bond motifs is 1. The molecule has 1 amide bonds. The molecule has 0 spiro atoms. The molecule has 0 radical (unpaired) electrons. The van der Waals surface area contributed by atoms with E-state index < -0.39 is 14.0 Å². The van der Waals surface area contributed by atoms with Gasteiger partial charge < -0.3 is 20.9 Å². The van der Waals surface area contributed by atoms with Crippen molar-refractivity contribution in [2.24, 2.45) is 0 Å². The summed E-state index contributed by atoms with van der Waals surface area (Å²) in [6, 6.07) is 9.25. The highest BCUT2D eigenvalue weighted by atomic mass is 28.3. The fraction of sp³-hybridized carbons (Fsp3) is 0.478. The Morgan fingerprint density at radius 2 is 1.80 bits per heavy atom. The number of carbonyl (C=O) groups excluding carboxylic acids is 1. The Hall–Kier alpha value is -3.28. The Kier molecular flexibility index (Phi) is 5.86. The number of halogens is 2. The van der Waals surface area contributed by atoms with Crippen LogP contribution >= 0.6 is 0 Å². The number of anilines is 4. The molecule has 0 atom stereocenters. The van der Waals surface area contributed by atoms with Gasteiger partial charge in [0.2, 0.25) is 5.95 Å². The molecule has 0 saturated carbocycles. The lowest BCUT2D eigenvalue weighted by Crippen LogP contribution is -2.43. The lowest BCUT2D eigenvalue weighted by molar-refractivity contribution is -0.0223. The molecule has 0 unspecified atom stereocenters. The zero-order valence-electron chi connectivity index (χ0n) is 20.0. The smallest absolute Gasteiger partial charge is 0.258 e. The molecule has 35 heavy (non-hydrogen) atoms. The van der Waals surface area contributed by atoms with Gasteiger partial charge in [-0.1, -0.05) is 13.1 Å². The predicted octanol–water partition coefficient (Wildman–Crippen LogP) is 3.72. The molecule has 4 heterocycles. The highest BCUT2D eigenvalue weighted by molar-refractivity contribution is 6.77. The fourth-order valence-electron chi connectivity index (χ4n) is 4.65. The Bertz CT molecular complexity index is 1240. The standard InChI is InChI=1S/C23H30F2N8OSi/c1-35(2)11-9-31(10-12-35)18-13-16(26)3-4-17(18)21(34)29-19-14-20-27-15-28-33(20)22(30-19)32-7-5-23(24,25)6-8-32/h3-4,13-15H,5-12,26H2,1-2H3,(H,29,34). The maximum absolute atomic E-state index is 13.7. The summed E-state index contributed by atoms with van der Waals surface area (Å²) >= 11 is 0. The number of nitrogens with zero attached hydrogens (tertiary/aromatic N) is 6. The number of nitrogens with one attached hydrogen (secondary N) is 1. The van der Waals surface area contributed by atoms with Gasteiger partial charge in [-0.15, -0.1) is 0 Å². The Morgan fingerprint density at radius 3 is 2.51 bits per heavy atom. The average molecular weight is 501 g/mol. The van der Waals surface area contributed by atoms with Gasteiger partial charge in [-0.25, -0.2) is 13.8 Å². The molecule has 2 aliphatic heterocycles. The van der Waals surface area contributed by atoms with Gasteiger partial charge in [-0.3, -0.25) is 4.79 Å². The number of carbonyl (C=O) groups is 1. The molecule has 9 nitrogen and oxygen atoms in total. The van der Waals surface area contributed by atoms with Crippen molar-refractivity contribution in [3.8, 4) is 0 Å². The summed E-state index contributed by atoms with van der Waals surface area (Å²) in [6.45, 7) is 6.87. The van der Waals surface area contributed by atoms with E-state index in [2.05, 4.69) is 38.4 Å². The first-order valence-electron chi connectivity index (χ1n) is 11.9. The normalized spacial score (nSPS) is 19.7. The number of piperidine rings is 1. The van der Waals surface area contributed by atoms with Gasteiger partial charge in [0.1, 0.15) is 12.1 Å². The maximum atomic E-state index is 13.7. The molecule has 2 aliphatic rings. The minimum Gasteiger partial charge on any atom is -0.399 e. The second-order valence-corrected chi connectivity index (χ2v) is 15.5. The first-order valence-corrected chi connectivity index (χ1v) is 15.3. The Balaban J connectivity index is 1.42. The third kappa shape index (κ3) is 4.93. The van der Waals surface area contributed by atoms with E-state index in [-0.39, 0.29) is 37.7 Å². The van der Waals surface area contributed by atoms with Crippen molar-refractivity contribution in [3.05, 3.63) is 36.2 Å². The summed E-state index contributed by atoms with van der Waals surface area (Å²) in [5.41, 5.74) is 8.48. The second kappa shape index (κ2) is 8.74. The zero-order chi connectivity index (χ0) is 24.8. The van der Waals surface area contributed by atoms with Crippen LogP contribution < -0.4 is 20.9 Å². The van der Waals surface area contributed by atoms with Crippen molar-refractivity contribution in [2.45, 2.75) is 43.9 Å². The van der Waals surface area contributed by atoms with Gasteiger partial charge in [0.15, 0.2) is 5.65 Å². The number of nitrogen functional groups attached to an aromatic ring is 1. The fourth-order valence-corrected chi connectivity index (χ4v) is 6.65. The maximum Gasteiger partial charge on any atom is 0.258 e. The van der Waals surface area contributed by atoms with Crippen LogP contribution in [0.2, 0.25) is 25.2 Å². The summed E-state index contributed by atoms with van der Waals surface area (Å²) in [5, 5.41) is 7.08. The highest BCUT2D eigenvalue weighted by Crippen LogP contribution is 2.32. The van der Waals surface area contributed by atoms with E-state index in [1.807, 2.05) is 6.07 Å². The Morgan fingerprint density at radius 1 is 1.09 bits per heavy atom. The molecule has 5 rings (SSSR count). The summed E-state index contributed by atoms with van der Waals surface area (Å²) in [6.07, 6.45) is 0.863.